The Morgan fingerprint density at radius 2 is 1.93 bits per heavy atom. The number of benzene rings is 1. The van der Waals surface area contributed by atoms with Crippen LogP contribution >= 0.6 is 0 Å². The van der Waals surface area contributed by atoms with E-state index in [0.29, 0.717) is 26.0 Å². The van der Waals surface area contributed by atoms with E-state index in [0.717, 1.165) is 50.1 Å². The van der Waals surface area contributed by atoms with E-state index in [4.69, 9.17) is 9.47 Å². The minimum absolute atomic E-state index is 0.150. The first kappa shape index (κ1) is 20.9. The van der Waals surface area contributed by atoms with Gasteiger partial charge >= 0.3 is 5.97 Å². The van der Waals surface area contributed by atoms with Crippen molar-refractivity contribution in [1.29, 1.82) is 0 Å². The fraction of sp³-hybridized carbons (Fsp3) is 0.600. The lowest BCUT2D eigenvalue weighted by Gasteiger charge is -2.38. The molecule has 27 heavy (non-hydrogen) atoms. The first-order valence-corrected chi connectivity index (χ1v) is 9.76. The van der Waals surface area contributed by atoms with Gasteiger partial charge < -0.3 is 24.6 Å². The number of anilines is 1. The van der Waals surface area contributed by atoms with Crippen LogP contribution < -0.4 is 15.0 Å². The van der Waals surface area contributed by atoms with E-state index in [9.17, 15) is 4.79 Å². The van der Waals surface area contributed by atoms with Gasteiger partial charge in [0.05, 0.1) is 19.4 Å². The Labute approximate surface area is 162 Å². The van der Waals surface area contributed by atoms with Crippen molar-refractivity contribution in [2.45, 2.75) is 26.7 Å². The van der Waals surface area contributed by atoms with Crippen molar-refractivity contribution in [3.05, 3.63) is 24.3 Å². The summed E-state index contributed by atoms with van der Waals surface area (Å²) in [7, 11) is 1.71. The monoisotopic (exact) mass is 376 g/mol. The van der Waals surface area contributed by atoms with Gasteiger partial charge in [0, 0.05) is 45.7 Å². The molecule has 0 saturated carbocycles. The maximum atomic E-state index is 11.4. The molecule has 1 aromatic rings. The third-order valence-corrected chi connectivity index (χ3v) is 4.45. The summed E-state index contributed by atoms with van der Waals surface area (Å²) in [6.07, 6.45) is 1.12. The number of aliphatic imine (C=N–C) groups is 1. The second-order valence-corrected chi connectivity index (χ2v) is 6.29. The molecule has 0 spiro atoms. The van der Waals surface area contributed by atoms with Gasteiger partial charge in [-0.25, -0.2) is 0 Å². The maximum Gasteiger partial charge on any atom is 0.305 e. The SMILES string of the molecule is CCNC(=NCCCC(=O)OCC)N1CCN(c2ccccc2OC)CC1. The fourth-order valence-corrected chi connectivity index (χ4v) is 3.12. The summed E-state index contributed by atoms with van der Waals surface area (Å²) < 4.78 is 10.4. The van der Waals surface area contributed by atoms with Crippen LogP contribution in [0.3, 0.4) is 0 Å². The number of esters is 1. The number of nitrogens with zero attached hydrogens (tertiary/aromatic N) is 3. The first-order valence-electron chi connectivity index (χ1n) is 9.76. The zero-order valence-electron chi connectivity index (χ0n) is 16.7. The van der Waals surface area contributed by atoms with E-state index < -0.39 is 0 Å². The van der Waals surface area contributed by atoms with Gasteiger partial charge in [-0.05, 0) is 32.4 Å². The summed E-state index contributed by atoms with van der Waals surface area (Å²) in [5.41, 5.74) is 1.14. The Kier molecular flexibility index (Phi) is 8.74. The highest BCUT2D eigenvalue weighted by Gasteiger charge is 2.21. The topological polar surface area (TPSA) is 66.4 Å². The van der Waals surface area contributed by atoms with Crippen molar-refractivity contribution in [3.63, 3.8) is 0 Å². The summed E-state index contributed by atoms with van der Waals surface area (Å²) in [5, 5.41) is 3.36. The first-order chi connectivity index (χ1) is 13.2. The average Bonchev–Trinajstić information content (AvgIpc) is 2.70. The summed E-state index contributed by atoms with van der Waals surface area (Å²) >= 11 is 0. The molecule has 0 radical (unpaired) electrons. The zero-order valence-corrected chi connectivity index (χ0v) is 16.7. The molecule has 0 bridgehead atoms. The van der Waals surface area contributed by atoms with Crippen LogP contribution in [0.15, 0.2) is 29.3 Å². The maximum absolute atomic E-state index is 11.4. The van der Waals surface area contributed by atoms with Crippen molar-refractivity contribution in [2.75, 3.05) is 57.9 Å². The number of guanidine groups is 1. The van der Waals surface area contributed by atoms with E-state index in [1.165, 1.54) is 0 Å². The Balaban J connectivity index is 1.88. The highest BCUT2D eigenvalue weighted by Crippen LogP contribution is 2.28. The van der Waals surface area contributed by atoms with Crippen molar-refractivity contribution >= 4 is 17.6 Å². The molecule has 7 nitrogen and oxygen atoms in total. The van der Waals surface area contributed by atoms with Gasteiger partial charge in [-0.3, -0.25) is 9.79 Å². The molecule has 0 aromatic heterocycles. The van der Waals surface area contributed by atoms with E-state index >= 15 is 0 Å². The van der Waals surface area contributed by atoms with Crippen molar-refractivity contribution in [3.8, 4) is 5.75 Å². The molecule has 1 heterocycles. The van der Waals surface area contributed by atoms with Crippen molar-refractivity contribution in [2.24, 2.45) is 4.99 Å². The molecule has 0 unspecified atom stereocenters. The van der Waals surface area contributed by atoms with E-state index in [2.05, 4.69) is 33.1 Å². The Bertz CT molecular complexity index is 613. The predicted molar refractivity (Wildman–Crippen MR) is 109 cm³/mol. The predicted octanol–water partition coefficient (Wildman–Crippen LogP) is 2.13. The molecule has 0 amide bonds. The summed E-state index contributed by atoms with van der Waals surface area (Å²) in [5.74, 6) is 1.68. The largest absolute Gasteiger partial charge is 0.495 e. The van der Waals surface area contributed by atoms with Crippen LogP contribution in [0.25, 0.3) is 0 Å². The molecular formula is C20H32N4O3. The van der Waals surface area contributed by atoms with Gasteiger partial charge in [-0.15, -0.1) is 0 Å². The number of carbonyl (C=O) groups is 1. The number of methoxy groups -OCH3 is 1. The van der Waals surface area contributed by atoms with Crippen LogP contribution in [0.2, 0.25) is 0 Å². The Morgan fingerprint density at radius 1 is 1.19 bits per heavy atom. The summed E-state index contributed by atoms with van der Waals surface area (Å²) in [4.78, 5) is 20.7. The lowest BCUT2D eigenvalue weighted by molar-refractivity contribution is -0.143. The lowest BCUT2D eigenvalue weighted by atomic mass is 10.2. The van der Waals surface area contributed by atoms with Crippen LogP contribution in [-0.2, 0) is 9.53 Å². The molecule has 150 valence electrons. The normalized spacial score (nSPS) is 14.9. The van der Waals surface area contributed by atoms with E-state index in [1.807, 2.05) is 25.1 Å². The molecule has 1 aromatic carbocycles. The van der Waals surface area contributed by atoms with Crippen molar-refractivity contribution in [1.82, 2.24) is 10.2 Å². The number of hydrogen-bond acceptors (Lipinski definition) is 5. The fourth-order valence-electron chi connectivity index (χ4n) is 3.12. The van der Waals surface area contributed by atoms with E-state index in [-0.39, 0.29) is 5.97 Å². The molecular weight excluding hydrogens is 344 g/mol. The highest BCUT2D eigenvalue weighted by molar-refractivity contribution is 5.80. The quantitative estimate of drug-likeness (QED) is 0.324. The minimum Gasteiger partial charge on any atom is -0.495 e. The zero-order chi connectivity index (χ0) is 19.5. The Morgan fingerprint density at radius 3 is 2.59 bits per heavy atom. The molecule has 1 fully saturated rings. The molecule has 1 saturated heterocycles. The average molecular weight is 377 g/mol. The second-order valence-electron chi connectivity index (χ2n) is 6.29. The van der Waals surface area contributed by atoms with Crippen LogP contribution in [-0.4, -0.2) is 69.8 Å². The Hall–Kier alpha value is -2.44. The smallest absolute Gasteiger partial charge is 0.305 e. The van der Waals surface area contributed by atoms with E-state index in [1.54, 1.807) is 7.11 Å². The van der Waals surface area contributed by atoms with Gasteiger partial charge in [0.1, 0.15) is 5.75 Å². The van der Waals surface area contributed by atoms with Crippen LogP contribution in [0, 0.1) is 0 Å². The van der Waals surface area contributed by atoms with Gasteiger partial charge in [-0.1, -0.05) is 12.1 Å². The molecule has 1 N–H and O–H groups in total. The number of nitrogens with one attached hydrogen (secondary N) is 1. The van der Waals surface area contributed by atoms with Gasteiger partial charge in [0.15, 0.2) is 5.96 Å². The van der Waals surface area contributed by atoms with Gasteiger partial charge in [0.2, 0.25) is 0 Å². The number of hydrogen-bond donors (Lipinski definition) is 1. The van der Waals surface area contributed by atoms with Gasteiger partial charge in [-0.2, -0.15) is 0 Å². The lowest BCUT2D eigenvalue weighted by Crippen LogP contribution is -2.52. The molecule has 1 aliphatic heterocycles. The molecule has 2 rings (SSSR count). The third-order valence-electron chi connectivity index (χ3n) is 4.45. The summed E-state index contributed by atoms with van der Waals surface area (Å²) in [6.45, 7) is 9.37. The number of piperazine rings is 1. The number of para-hydroxylation sites is 2. The number of ether oxygens (including phenoxy) is 2. The van der Waals surface area contributed by atoms with Crippen LogP contribution in [0.4, 0.5) is 5.69 Å². The van der Waals surface area contributed by atoms with Crippen LogP contribution in [0.1, 0.15) is 26.7 Å². The molecule has 0 aliphatic carbocycles. The number of rotatable bonds is 8. The highest BCUT2D eigenvalue weighted by atomic mass is 16.5. The van der Waals surface area contributed by atoms with Crippen LogP contribution in [0.5, 0.6) is 5.75 Å². The van der Waals surface area contributed by atoms with Gasteiger partial charge in [0.25, 0.3) is 0 Å². The molecule has 1 aliphatic rings. The summed E-state index contributed by atoms with van der Waals surface area (Å²) in [6, 6.07) is 8.13. The molecule has 0 atom stereocenters. The third kappa shape index (κ3) is 6.34. The van der Waals surface area contributed by atoms with Crippen molar-refractivity contribution < 1.29 is 14.3 Å². The standard InChI is InChI=1S/C20H32N4O3/c1-4-21-20(22-12-8-11-19(25)27-5-2)24-15-13-23(14-16-24)17-9-6-7-10-18(17)26-3/h6-7,9-10H,4-5,8,11-16H2,1-3H3,(H,21,22). The number of carbonyl (C=O) groups excluding carboxylic acids is 1. The molecule has 7 heteroatoms. The second kappa shape index (κ2) is 11.3. The minimum atomic E-state index is -0.150.